The first-order chi connectivity index (χ1) is 8.74. The standard InChI is InChI=1S/C11H14N2O5S/c1-7-4-2-3-5-9(7)19(17,18)13-8(11(15)16)6-10(12)14/h2-5,8,13H,6H2,1H3,(H2,12,14)(H,15,16). The van der Waals surface area contributed by atoms with E-state index in [4.69, 9.17) is 10.8 Å². The fourth-order valence-electron chi connectivity index (χ4n) is 1.49. The third-order valence-corrected chi connectivity index (χ3v) is 4.02. The van der Waals surface area contributed by atoms with E-state index >= 15 is 0 Å². The summed E-state index contributed by atoms with van der Waals surface area (Å²) in [6, 6.07) is 4.53. The number of aryl methyl sites for hydroxylation is 1. The highest BCUT2D eigenvalue weighted by Gasteiger charge is 2.27. The Morgan fingerprint density at radius 2 is 1.95 bits per heavy atom. The zero-order valence-electron chi connectivity index (χ0n) is 10.2. The Labute approximate surface area is 110 Å². The summed E-state index contributed by atoms with van der Waals surface area (Å²) in [5.41, 5.74) is 5.35. The minimum atomic E-state index is -4.02. The van der Waals surface area contributed by atoms with Gasteiger partial charge >= 0.3 is 5.97 Å². The third kappa shape index (κ3) is 4.04. The Kier molecular flexibility index (Phi) is 4.62. The van der Waals surface area contributed by atoms with Crippen molar-refractivity contribution < 1.29 is 23.1 Å². The summed E-state index contributed by atoms with van der Waals surface area (Å²) in [6.07, 6.45) is -0.611. The van der Waals surface area contributed by atoms with E-state index in [1.165, 1.54) is 12.1 Å². The minimum absolute atomic E-state index is 0.0364. The number of hydrogen-bond acceptors (Lipinski definition) is 4. The van der Waals surface area contributed by atoms with Crippen LogP contribution in [0.4, 0.5) is 0 Å². The Balaban J connectivity index is 3.04. The first-order valence-electron chi connectivity index (χ1n) is 5.33. The first-order valence-corrected chi connectivity index (χ1v) is 6.81. The fourth-order valence-corrected chi connectivity index (χ4v) is 2.92. The van der Waals surface area contributed by atoms with Crippen LogP contribution in [0.5, 0.6) is 0 Å². The molecule has 19 heavy (non-hydrogen) atoms. The zero-order chi connectivity index (χ0) is 14.6. The second-order valence-corrected chi connectivity index (χ2v) is 5.63. The highest BCUT2D eigenvalue weighted by molar-refractivity contribution is 7.89. The number of carboxylic acids is 1. The number of nitrogens with one attached hydrogen (secondary N) is 1. The summed E-state index contributed by atoms with van der Waals surface area (Å²) < 4.78 is 26.0. The molecule has 1 unspecified atom stereocenters. The van der Waals surface area contributed by atoms with Crippen LogP contribution in [0.3, 0.4) is 0 Å². The normalized spacial score (nSPS) is 12.9. The SMILES string of the molecule is Cc1ccccc1S(=O)(=O)NC(CC(N)=O)C(=O)O. The zero-order valence-corrected chi connectivity index (χ0v) is 11.0. The lowest BCUT2D eigenvalue weighted by molar-refractivity contribution is -0.140. The molecule has 0 aliphatic carbocycles. The van der Waals surface area contributed by atoms with Gasteiger partial charge in [-0.2, -0.15) is 4.72 Å². The molecule has 0 aromatic heterocycles. The van der Waals surface area contributed by atoms with Gasteiger partial charge in [0, 0.05) is 0 Å². The number of aliphatic carboxylic acids is 1. The number of sulfonamides is 1. The second kappa shape index (κ2) is 5.81. The van der Waals surface area contributed by atoms with Crippen molar-refractivity contribution in [1.82, 2.24) is 4.72 Å². The summed E-state index contributed by atoms with van der Waals surface area (Å²) in [5.74, 6) is -2.36. The van der Waals surface area contributed by atoms with Crippen LogP contribution in [0.25, 0.3) is 0 Å². The van der Waals surface area contributed by atoms with E-state index in [1.807, 2.05) is 4.72 Å². The molecular formula is C11H14N2O5S. The quantitative estimate of drug-likeness (QED) is 0.656. The number of carbonyl (C=O) groups excluding carboxylic acids is 1. The molecule has 0 saturated carbocycles. The average molecular weight is 286 g/mol. The smallest absolute Gasteiger partial charge is 0.322 e. The maximum Gasteiger partial charge on any atom is 0.322 e. The number of amides is 1. The van der Waals surface area contributed by atoms with Gasteiger partial charge in [-0.25, -0.2) is 8.42 Å². The van der Waals surface area contributed by atoms with Crippen LogP contribution in [0, 0.1) is 6.92 Å². The molecule has 1 rings (SSSR count). The monoisotopic (exact) mass is 286 g/mol. The van der Waals surface area contributed by atoms with E-state index in [2.05, 4.69) is 0 Å². The lowest BCUT2D eigenvalue weighted by Gasteiger charge is -2.14. The molecule has 0 saturated heterocycles. The predicted molar refractivity (Wildman–Crippen MR) is 66.7 cm³/mol. The van der Waals surface area contributed by atoms with Crippen molar-refractivity contribution in [2.75, 3.05) is 0 Å². The minimum Gasteiger partial charge on any atom is -0.480 e. The van der Waals surface area contributed by atoms with Crippen LogP contribution in [-0.2, 0) is 19.6 Å². The molecular weight excluding hydrogens is 272 g/mol. The summed E-state index contributed by atoms with van der Waals surface area (Å²) in [4.78, 5) is 21.6. The molecule has 1 aromatic rings. The second-order valence-electron chi connectivity index (χ2n) is 3.95. The van der Waals surface area contributed by atoms with Crippen molar-refractivity contribution in [2.45, 2.75) is 24.3 Å². The van der Waals surface area contributed by atoms with Gasteiger partial charge in [-0.15, -0.1) is 0 Å². The van der Waals surface area contributed by atoms with Gasteiger partial charge in [0.25, 0.3) is 0 Å². The molecule has 104 valence electrons. The summed E-state index contributed by atoms with van der Waals surface area (Å²) in [7, 11) is -4.02. The Hall–Kier alpha value is -1.93. The summed E-state index contributed by atoms with van der Waals surface area (Å²) in [5, 5.41) is 8.87. The van der Waals surface area contributed by atoms with Gasteiger partial charge in [0.15, 0.2) is 0 Å². The number of hydrogen-bond donors (Lipinski definition) is 3. The number of rotatable bonds is 6. The summed E-state index contributed by atoms with van der Waals surface area (Å²) >= 11 is 0. The van der Waals surface area contributed by atoms with Gasteiger partial charge in [0.05, 0.1) is 11.3 Å². The van der Waals surface area contributed by atoms with Gasteiger partial charge in [0.2, 0.25) is 15.9 Å². The van der Waals surface area contributed by atoms with Gasteiger partial charge < -0.3 is 10.8 Å². The highest BCUT2D eigenvalue weighted by atomic mass is 32.2. The highest BCUT2D eigenvalue weighted by Crippen LogP contribution is 2.14. The molecule has 4 N–H and O–H groups in total. The molecule has 7 nitrogen and oxygen atoms in total. The molecule has 0 spiro atoms. The van der Waals surface area contributed by atoms with Gasteiger partial charge in [-0.05, 0) is 18.6 Å². The van der Waals surface area contributed by atoms with E-state index < -0.39 is 34.4 Å². The van der Waals surface area contributed by atoms with E-state index in [0.29, 0.717) is 5.56 Å². The van der Waals surface area contributed by atoms with Crippen LogP contribution in [0.1, 0.15) is 12.0 Å². The molecule has 0 bridgehead atoms. The molecule has 0 aliphatic heterocycles. The van der Waals surface area contributed by atoms with Gasteiger partial charge in [-0.3, -0.25) is 9.59 Å². The van der Waals surface area contributed by atoms with Crippen LogP contribution < -0.4 is 10.5 Å². The van der Waals surface area contributed by atoms with Crippen molar-refractivity contribution in [3.8, 4) is 0 Å². The molecule has 8 heteroatoms. The van der Waals surface area contributed by atoms with Crippen LogP contribution in [0.2, 0.25) is 0 Å². The molecule has 1 amide bonds. The van der Waals surface area contributed by atoms with Crippen LogP contribution in [-0.4, -0.2) is 31.4 Å². The van der Waals surface area contributed by atoms with E-state index in [9.17, 15) is 18.0 Å². The Bertz CT molecular complexity index is 597. The first kappa shape index (κ1) is 15.1. The number of carboxylic acid groups (broad SMARTS) is 1. The number of primary amides is 1. The van der Waals surface area contributed by atoms with Crippen molar-refractivity contribution in [2.24, 2.45) is 5.73 Å². The molecule has 0 heterocycles. The topological polar surface area (TPSA) is 127 Å². The lowest BCUT2D eigenvalue weighted by Crippen LogP contribution is -2.43. The molecule has 1 aromatic carbocycles. The predicted octanol–water partition coefficient (Wildman–Crippen LogP) is -0.398. The largest absolute Gasteiger partial charge is 0.480 e. The molecule has 0 fully saturated rings. The number of carbonyl (C=O) groups is 2. The maximum absolute atomic E-state index is 12.0. The number of nitrogens with two attached hydrogens (primary N) is 1. The Morgan fingerprint density at radius 1 is 1.37 bits per heavy atom. The number of benzene rings is 1. The van der Waals surface area contributed by atoms with Crippen LogP contribution in [0.15, 0.2) is 29.2 Å². The third-order valence-electron chi connectivity index (χ3n) is 2.38. The van der Waals surface area contributed by atoms with E-state index in [-0.39, 0.29) is 4.90 Å². The van der Waals surface area contributed by atoms with Gasteiger partial charge in [0.1, 0.15) is 6.04 Å². The lowest BCUT2D eigenvalue weighted by atomic mass is 10.2. The average Bonchev–Trinajstić information content (AvgIpc) is 2.27. The molecule has 0 aliphatic rings. The van der Waals surface area contributed by atoms with Crippen molar-refractivity contribution >= 4 is 21.9 Å². The van der Waals surface area contributed by atoms with Gasteiger partial charge in [-0.1, -0.05) is 18.2 Å². The molecule has 0 radical (unpaired) electrons. The maximum atomic E-state index is 12.0. The molecule has 1 atom stereocenters. The van der Waals surface area contributed by atoms with Crippen molar-refractivity contribution in [1.29, 1.82) is 0 Å². The van der Waals surface area contributed by atoms with Crippen molar-refractivity contribution in [3.05, 3.63) is 29.8 Å². The fraction of sp³-hybridized carbons (Fsp3) is 0.273. The Morgan fingerprint density at radius 3 is 2.42 bits per heavy atom. The van der Waals surface area contributed by atoms with E-state index in [0.717, 1.165) is 0 Å². The summed E-state index contributed by atoms with van der Waals surface area (Å²) in [6.45, 7) is 1.58. The van der Waals surface area contributed by atoms with E-state index in [1.54, 1.807) is 19.1 Å². The van der Waals surface area contributed by atoms with Crippen LogP contribution >= 0.6 is 0 Å². The van der Waals surface area contributed by atoms with Crippen molar-refractivity contribution in [3.63, 3.8) is 0 Å².